The van der Waals surface area contributed by atoms with E-state index in [1.54, 1.807) is 11.3 Å². The molecule has 3 heterocycles. The smallest absolute Gasteiger partial charge is 0.254 e. The molecule has 2 aromatic carbocycles. The Morgan fingerprint density at radius 3 is 2.52 bits per heavy atom. The van der Waals surface area contributed by atoms with E-state index >= 15 is 0 Å². The first kappa shape index (κ1) is 28.4. The van der Waals surface area contributed by atoms with Gasteiger partial charge in [0, 0.05) is 55.4 Å². The minimum absolute atomic E-state index is 0.00634. The average Bonchev–Trinajstić information content (AvgIpc) is 3.48. The fourth-order valence-corrected chi connectivity index (χ4v) is 7.02. The quantitative estimate of drug-likeness (QED) is 0.346. The van der Waals surface area contributed by atoms with Crippen LogP contribution in [0.25, 0.3) is 0 Å². The molecule has 7 heteroatoms. The van der Waals surface area contributed by atoms with Crippen molar-refractivity contribution in [1.82, 2.24) is 15.1 Å². The van der Waals surface area contributed by atoms with E-state index in [0.29, 0.717) is 24.6 Å². The lowest BCUT2D eigenvalue weighted by Crippen LogP contribution is -2.49. The van der Waals surface area contributed by atoms with Gasteiger partial charge in [0.15, 0.2) is 0 Å². The Kier molecular flexibility index (Phi) is 8.91. The summed E-state index contributed by atoms with van der Waals surface area (Å²) < 4.78 is 0. The number of hydrogen-bond donors (Lipinski definition) is 1. The average molecular weight is 559 g/mol. The van der Waals surface area contributed by atoms with E-state index < -0.39 is 5.92 Å². The summed E-state index contributed by atoms with van der Waals surface area (Å²) in [5.41, 5.74) is 5.48. The minimum Gasteiger partial charge on any atom is -0.369 e. The second-order valence-electron chi connectivity index (χ2n) is 11.6. The van der Waals surface area contributed by atoms with Gasteiger partial charge in [-0.05, 0) is 73.0 Å². The number of carbonyl (C=O) groups excluding carboxylic acids is 2. The highest BCUT2D eigenvalue weighted by Crippen LogP contribution is 2.44. The number of nitrogens with zero attached hydrogens (tertiary/aromatic N) is 3. The summed E-state index contributed by atoms with van der Waals surface area (Å²) in [7, 11) is 0. The Balaban J connectivity index is 1.22. The standard InChI is InChI=1S/C33H42N4O2S/c1-23(2)22-37-31(29-11-7-20-40-29)30(26-9-5-6-10-27(26)33(37)39)32(38)34-14-8-15-35-16-18-36(19-17-35)28-21-24(3)12-13-25(28)4/h5-7,9-13,20-21,23,30-31H,8,14-19,22H2,1-4H3,(H,34,38)/t30-,31-/m0/s1. The highest BCUT2D eigenvalue weighted by Gasteiger charge is 2.44. The van der Waals surface area contributed by atoms with Gasteiger partial charge in [-0.15, -0.1) is 11.3 Å². The second kappa shape index (κ2) is 12.6. The van der Waals surface area contributed by atoms with Crippen molar-refractivity contribution in [2.45, 2.75) is 46.1 Å². The molecule has 0 aliphatic carbocycles. The normalized spacial score (nSPS) is 19.7. The van der Waals surface area contributed by atoms with Crippen LogP contribution in [0.4, 0.5) is 5.69 Å². The highest BCUT2D eigenvalue weighted by atomic mass is 32.1. The van der Waals surface area contributed by atoms with Crippen LogP contribution in [0.15, 0.2) is 60.0 Å². The van der Waals surface area contributed by atoms with Crippen LogP contribution in [0.5, 0.6) is 0 Å². The fourth-order valence-electron chi connectivity index (χ4n) is 6.14. The number of nitrogens with one attached hydrogen (secondary N) is 1. The molecule has 2 aliphatic rings. The lowest BCUT2D eigenvalue weighted by Gasteiger charge is -2.42. The maximum atomic E-state index is 13.9. The number of aryl methyl sites for hydroxylation is 2. The van der Waals surface area contributed by atoms with Gasteiger partial charge in [0.1, 0.15) is 0 Å². The third kappa shape index (κ3) is 6.11. The zero-order valence-electron chi connectivity index (χ0n) is 24.2. The van der Waals surface area contributed by atoms with E-state index in [-0.39, 0.29) is 17.9 Å². The van der Waals surface area contributed by atoms with Gasteiger partial charge in [-0.25, -0.2) is 0 Å². The molecule has 1 aromatic heterocycles. The Morgan fingerprint density at radius 2 is 1.80 bits per heavy atom. The van der Waals surface area contributed by atoms with Crippen LogP contribution in [-0.4, -0.2) is 67.4 Å². The van der Waals surface area contributed by atoms with E-state index in [4.69, 9.17) is 0 Å². The number of thiophene rings is 1. The van der Waals surface area contributed by atoms with Crippen molar-refractivity contribution in [1.29, 1.82) is 0 Å². The first-order valence-corrected chi connectivity index (χ1v) is 15.5. The molecule has 212 valence electrons. The minimum atomic E-state index is -0.424. The van der Waals surface area contributed by atoms with Crippen LogP contribution in [0.3, 0.4) is 0 Å². The van der Waals surface area contributed by atoms with Gasteiger partial charge in [-0.1, -0.05) is 50.2 Å². The maximum absolute atomic E-state index is 13.9. The Morgan fingerprint density at radius 1 is 1.02 bits per heavy atom. The molecule has 5 rings (SSSR count). The zero-order valence-corrected chi connectivity index (χ0v) is 25.0. The number of benzene rings is 2. The second-order valence-corrected chi connectivity index (χ2v) is 12.6. The topological polar surface area (TPSA) is 55.9 Å². The van der Waals surface area contributed by atoms with Gasteiger partial charge >= 0.3 is 0 Å². The molecule has 0 radical (unpaired) electrons. The summed E-state index contributed by atoms with van der Waals surface area (Å²) in [4.78, 5) is 35.4. The number of carbonyl (C=O) groups is 2. The molecule has 1 fully saturated rings. The lowest BCUT2D eigenvalue weighted by atomic mass is 9.81. The van der Waals surface area contributed by atoms with Crippen molar-refractivity contribution in [3.63, 3.8) is 0 Å². The monoisotopic (exact) mass is 558 g/mol. The zero-order chi connectivity index (χ0) is 28.2. The van der Waals surface area contributed by atoms with E-state index in [9.17, 15) is 9.59 Å². The molecule has 2 aliphatic heterocycles. The molecule has 6 nitrogen and oxygen atoms in total. The Labute approximate surface area is 243 Å². The Bertz CT molecular complexity index is 1310. The van der Waals surface area contributed by atoms with Crippen molar-refractivity contribution >= 4 is 28.8 Å². The van der Waals surface area contributed by atoms with Crippen molar-refractivity contribution in [3.8, 4) is 0 Å². The third-order valence-electron chi connectivity index (χ3n) is 8.15. The van der Waals surface area contributed by atoms with Crippen molar-refractivity contribution in [2.75, 3.05) is 50.7 Å². The molecule has 0 saturated carbocycles. The van der Waals surface area contributed by atoms with Crippen LogP contribution in [0.2, 0.25) is 0 Å². The predicted octanol–water partition coefficient (Wildman–Crippen LogP) is 5.63. The molecular weight excluding hydrogens is 516 g/mol. The van der Waals surface area contributed by atoms with E-state index in [1.807, 2.05) is 40.6 Å². The van der Waals surface area contributed by atoms with Crippen molar-refractivity contribution in [3.05, 3.63) is 87.1 Å². The van der Waals surface area contributed by atoms with E-state index in [1.165, 1.54) is 16.8 Å². The van der Waals surface area contributed by atoms with Crippen LogP contribution >= 0.6 is 11.3 Å². The number of piperazine rings is 1. The largest absolute Gasteiger partial charge is 0.369 e. The number of amides is 2. The molecule has 3 aromatic rings. The van der Waals surface area contributed by atoms with Gasteiger partial charge in [-0.2, -0.15) is 0 Å². The molecule has 0 bridgehead atoms. The number of rotatable bonds is 9. The summed E-state index contributed by atoms with van der Waals surface area (Å²) in [6.45, 7) is 14.9. The van der Waals surface area contributed by atoms with Crippen LogP contribution in [-0.2, 0) is 4.79 Å². The van der Waals surface area contributed by atoms with Crippen LogP contribution in [0.1, 0.15) is 64.2 Å². The first-order chi connectivity index (χ1) is 19.3. The van der Waals surface area contributed by atoms with Crippen molar-refractivity contribution in [2.24, 2.45) is 5.92 Å². The molecule has 0 spiro atoms. The SMILES string of the molecule is Cc1ccc(C)c(N2CCN(CCCNC(=O)[C@H]3c4ccccc4C(=O)N(CC(C)C)[C@H]3c3cccs3)CC2)c1. The lowest BCUT2D eigenvalue weighted by molar-refractivity contribution is -0.124. The Hall–Kier alpha value is -3.16. The summed E-state index contributed by atoms with van der Waals surface area (Å²) in [5, 5.41) is 5.28. The summed E-state index contributed by atoms with van der Waals surface area (Å²) in [5.74, 6) is -0.0957. The number of anilines is 1. The summed E-state index contributed by atoms with van der Waals surface area (Å²) >= 11 is 1.62. The van der Waals surface area contributed by atoms with Gasteiger partial charge in [0.2, 0.25) is 5.91 Å². The van der Waals surface area contributed by atoms with E-state index in [0.717, 1.165) is 49.6 Å². The third-order valence-corrected chi connectivity index (χ3v) is 9.09. The number of fused-ring (bicyclic) bond motifs is 1. The summed E-state index contributed by atoms with van der Waals surface area (Å²) in [6, 6.07) is 18.1. The highest BCUT2D eigenvalue weighted by molar-refractivity contribution is 7.10. The molecular formula is C33H42N4O2S. The van der Waals surface area contributed by atoms with Crippen LogP contribution < -0.4 is 10.2 Å². The predicted molar refractivity (Wildman–Crippen MR) is 164 cm³/mol. The first-order valence-electron chi connectivity index (χ1n) is 14.6. The molecule has 1 N–H and O–H groups in total. The molecule has 2 amide bonds. The summed E-state index contributed by atoms with van der Waals surface area (Å²) in [6.07, 6.45) is 0.905. The molecule has 40 heavy (non-hydrogen) atoms. The maximum Gasteiger partial charge on any atom is 0.254 e. The number of hydrogen-bond acceptors (Lipinski definition) is 5. The van der Waals surface area contributed by atoms with Crippen molar-refractivity contribution < 1.29 is 9.59 Å². The van der Waals surface area contributed by atoms with Gasteiger partial charge < -0.3 is 15.1 Å². The van der Waals surface area contributed by atoms with Gasteiger partial charge in [0.25, 0.3) is 5.91 Å². The molecule has 0 unspecified atom stereocenters. The molecule has 1 saturated heterocycles. The fraction of sp³-hybridized carbons (Fsp3) is 0.455. The molecule has 2 atom stereocenters. The van der Waals surface area contributed by atoms with Gasteiger partial charge in [0.05, 0.1) is 12.0 Å². The van der Waals surface area contributed by atoms with Gasteiger partial charge in [-0.3, -0.25) is 14.5 Å². The van der Waals surface area contributed by atoms with Crippen LogP contribution in [0, 0.1) is 19.8 Å². The van der Waals surface area contributed by atoms with E-state index in [2.05, 4.69) is 67.1 Å².